The van der Waals surface area contributed by atoms with E-state index in [2.05, 4.69) is 0 Å². The number of phenols is 1. The van der Waals surface area contributed by atoms with Gasteiger partial charge in [-0.15, -0.1) is 0 Å². The highest BCUT2D eigenvalue weighted by Crippen LogP contribution is 2.25. The highest BCUT2D eigenvalue weighted by molar-refractivity contribution is 14.1. The lowest BCUT2D eigenvalue weighted by Crippen LogP contribution is -2.18. The van der Waals surface area contributed by atoms with Gasteiger partial charge in [-0.1, -0.05) is 0 Å². The molecular formula is C12H10INO4. The first kappa shape index (κ1) is 12.9. The van der Waals surface area contributed by atoms with Gasteiger partial charge in [-0.05, 0) is 35.6 Å². The summed E-state index contributed by atoms with van der Waals surface area (Å²) in [5.74, 6) is -1.17. The number of hydrogen-bond donors (Lipinski definition) is 2. The van der Waals surface area contributed by atoms with Crippen molar-refractivity contribution in [1.29, 1.82) is 0 Å². The van der Waals surface area contributed by atoms with Crippen molar-refractivity contribution >= 4 is 39.5 Å². The maximum absolute atomic E-state index is 12.0. The van der Waals surface area contributed by atoms with Crippen LogP contribution in [-0.2, 0) is 6.54 Å². The summed E-state index contributed by atoms with van der Waals surface area (Å²) in [4.78, 5) is 23.0. The van der Waals surface area contributed by atoms with E-state index < -0.39 is 11.4 Å². The molecule has 94 valence electrons. The van der Waals surface area contributed by atoms with Gasteiger partial charge >= 0.3 is 5.97 Å². The van der Waals surface area contributed by atoms with Gasteiger partial charge in [-0.3, -0.25) is 4.79 Å². The van der Waals surface area contributed by atoms with Crippen molar-refractivity contribution in [3.63, 3.8) is 0 Å². The van der Waals surface area contributed by atoms with E-state index in [-0.39, 0.29) is 11.3 Å². The molecule has 5 nitrogen and oxygen atoms in total. The minimum atomic E-state index is -1.24. The van der Waals surface area contributed by atoms with E-state index in [1.165, 1.54) is 18.3 Å². The van der Waals surface area contributed by atoms with Gasteiger partial charge in [0.15, 0.2) is 0 Å². The highest BCUT2D eigenvalue weighted by atomic mass is 127. The Kier molecular flexibility index (Phi) is 3.29. The molecule has 1 heterocycles. The van der Waals surface area contributed by atoms with Gasteiger partial charge < -0.3 is 14.8 Å². The number of aromatic hydroxyl groups is 1. The Hall–Kier alpha value is -1.57. The third-order valence-electron chi connectivity index (χ3n) is 2.72. The lowest BCUT2D eigenvalue weighted by atomic mass is 10.1. The Morgan fingerprint density at radius 1 is 1.44 bits per heavy atom. The summed E-state index contributed by atoms with van der Waals surface area (Å²) in [6.45, 7) is 2.35. The maximum atomic E-state index is 12.0. The average Bonchev–Trinajstić information content (AvgIpc) is 2.32. The zero-order valence-electron chi connectivity index (χ0n) is 9.48. The zero-order chi connectivity index (χ0) is 13.4. The molecule has 6 heteroatoms. The normalized spacial score (nSPS) is 10.8. The van der Waals surface area contributed by atoms with Crippen LogP contribution in [0.25, 0.3) is 10.9 Å². The van der Waals surface area contributed by atoms with E-state index in [9.17, 15) is 14.7 Å². The number of rotatable bonds is 2. The molecule has 2 rings (SSSR count). The first-order chi connectivity index (χ1) is 8.45. The Bertz CT molecular complexity index is 705. The number of aryl methyl sites for hydroxylation is 1. The molecular weight excluding hydrogens is 349 g/mol. The number of phenolic OH excluding ortho intramolecular Hbond substituents is 1. The van der Waals surface area contributed by atoms with Gasteiger partial charge in [-0.2, -0.15) is 0 Å². The van der Waals surface area contributed by atoms with Crippen LogP contribution in [0.15, 0.2) is 23.1 Å². The molecule has 0 aliphatic heterocycles. The topological polar surface area (TPSA) is 79.5 Å². The molecule has 0 aliphatic carbocycles. The van der Waals surface area contributed by atoms with Crippen LogP contribution in [0.5, 0.6) is 5.75 Å². The minimum Gasteiger partial charge on any atom is -0.507 e. The van der Waals surface area contributed by atoms with E-state index in [1.807, 2.05) is 29.5 Å². The smallest absolute Gasteiger partial charge is 0.341 e. The molecule has 0 bridgehead atoms. The number of aromatic nitrogens is 1. The molecule has 1 aromatic heterocycles. The van der Waals surface area contributed by atoms with Crippen LogP contribution in [0, 0.1) is 3.57 Å². The van der Waals surface area contributed by atoms with Crippen LogP contribution in [0.2, 0.25) is 0 Å². The summed E-state index contributed by atoms with van der Waals surface area (Å²) in [6, 6.07) is 2.99. The fourth-order valence-electron chi connectivity index (χ4n) is 1.81. The summed E-state index contributed by atoms with van der Waals surface area (Å²) >= 11 is 1.90. The fourth-order valence-corrected chi connectivity index (χ4v) is 2.28. The Balaban J connectivity index is 2.99. The molecule has 0 saturated carbocycles. The Morgan fingerprint density at radius 3 is 2.67 bits per heavy atom. The predicted molar refractivity (Wildman–Crippen MR) is 75.2 cm³/mol. The van der Waals surface area contributed by atoms with E-state index in [0.29, 0.717) is 21.0 Å². The van der Waals surface area contributed by atoms with Crippen molar-refractivity contribution < 1.29 is 15.0 Å². The number of aromatic carboxylic acids is 1. The molecule has 2 N–H and O–H groups in total. The molecule has 0 fully saturated rings. The van der Waals surface area contributed by atoms with Gasteiger partial charge in [0.05, 0.1) is 9.09 Å². The van der Waals surface area contributed by atoms with Crippen molar-refractivity contribution in [3.8, 4) is 5.75 Å². The minimum absolute atomic E-state index is 0.0766. The lowest BCUT2D eigenvalue weighted by molar-refractivity contribution is 0.0695. The summed E-state index contributed by atoms with van der Waals surface area (Å²) in [7, 11) is 0. The quantitative estimate of drug-likeness (QED) is 0.805. The lowest BCUT2D eigenvalue weighted by Gasteiger charge is -2.11. The summed E-state index contributed by atoms with van der Waals surface area (Å²) in [5.41, 5.74) is -0.253. The third-order valence-corrected chi connectivity index (χ3v) is 3.58. The van der Waals surface area contributed by atoms with Crippen LogP contribution in [0.4, 0.5) is 0 Å². The molecule has 0 aliphatic rings. The number of pyridine rings is 1. The van der Waals surface area contributed by atoms with Gasteiger partial charge in [0, 0.05) is 24.2 Å². The summed E-state index contributed by atoms with van der Waals surface area (Å²) in [5, 5.41) is 19.0. The number of benzene rings is 1. The van der Waals surface area contributed by atoms with E-state index in [1.54, 1.807) is 4.57 Å². The zero-order valence-corrected chi connectivity index (χ0v) is 11.6. The van der Waals surface area contributed by atoms with Crippen LogP contribution in [0.1, 0.15) is 17.3 Å². The number of fused-ring (bicyclic) bond motifs is 1. The van der Waals surface area contributed by atoms with Crippen molar-refractivity contribution in [2.45, 2.75) is 13.5 Å². The maximum Gasteiger partial charge on any atom is 0.341 e. The van der Waals surface area contributed by atoms with Crippen molar-refractivity contribution in [2.75, 3.05) is 0 Å². The molecule has 2 aromatic rings. The molecule has 0 atom stereocenters. The molecule has 18 heavy (non-hydrogen) atoms. The van der Waals surface area contributed by atoms with Crippen LogP contribution in [-0.4, -0.2) is 20.7 Å². The van der Waals surface area contributed by atoms with Crippen LogP contribution >= 0.6 is 22.6 Å². The summed E-state index contributed by atoms with van der Waals surface area (Å²) < 4.78 is 2.15. The van der Waals surface area contributed by atoms with Crippen molar-refractivity contribution in [2.24, 2.45) is 0 Å². The fraction of sp³-hybridized carbons (Fsp3) is 0.167. The number of carbonyl (C=O) groups is 1. The predicted octanol–water partition coefficient (Wildman–Crippen LogP) is 2.03. The molecule has 0 saturated heterocycles. The number of hydrogen-bond acceptors (Lipinski definition) is 3. The second-order valence-electron chi connectivity index (χ2n) is 3.78. The Morgan fingerprint density at radius 2 is 2.11 bits per heavy atom. The number of halogens is 1. The van der Waals surface area contributed by atoms with Crippen LogP contribution < -0.4 is 5.43 Å². The largest absolute Gasteiger partial charge is 0.507 e. The third kappa shape index (κ3) is 1.96. The van der Waals surface area contributed by atoms with Gasteiger partial charge in [0.25, 0.3) is 0 Å². The van der Waals surface area contributed by atoms with E-state index in [4.69, 9.17) is 5.11 Å². The number of carboxylic acids is 1. The first-order valence-electron chi connectivity index (χ1n) is 5.24. The van der Waals surface area contributed by atoms with Gasteiger partial charge in [0.1, 0.15) is 11.3 Å². The molecule has 0 amide bonds. The molecule has 0 unspecified atom stereocenters. The van der Waals surface area contributed by atoms with E-state index in [0.717, 1.165) is 0 Å². The second-order valence-corrected chi connectivity index (χ2v) is 4.95. The SMILES string of the molecule is CCn1cc(C(=O)O)c(=O)c2cc(I)c(O)cc21. The number of nitrogens with zero attached hydrogens (tertiary/aromatic N) is 1. The van der Waals surface area contributed by atoms with Crippen LogP contribution in [0.3, 0.4) is 0 Å². The van der Waals surface area contributed by atoms with E-state index >= 15 is 0 Å². The summed E-state index contributed by atoms with van der Waals surface area (Å²) in [6.07, 6.45) is 1.30. The molecule has 0 radical (unpaired) electrons. The standard InChI is InChI=1S/C12H10INO4/c1-2-14-5-7(12(17)18)11(16)6-3-8(13)10(15)4-9(6)14/h3-5,15H,2H2,1H3,(H,17,18). The second kappa shape index (κ2) is 4.60. The van der Waals surface area contributed by atoms with Gasteiger partial charge in [0.2, 0.25) is 5.43 Å². The highest BCUT2D eigenvalue weighted by Gasteiger charge is 2.15. The monoisotopic (exact) mass is 359 g/mol. The molecule has 0 spiro atoms. The van der Waals surface area contributed by atoms with Gasteiger partial charge in [-0.25, -0.2) is 4.79 Å². The number of carboxylic acid groups (broad SMARTS) is 1. The average molecular weight is 359 g/mol. The first-order valence-corrected chi connectivity index (χ1v) is 6.32. The van der Waals surface area contributed by atoms with Crippen molar-refractivity contribution in [3.05, 3.63) is 37.7 Å². The molecule has 1 aromatic carbocycles. The Labute approximate surface area is 116 Å². The van der Waals surface area contributed by atoms with Crippen molar-refractivity contribution in [1.82, 2.24) is 4.57 Å².